The number of nitrogens with one attached hydrogen (secondary N) is 2. The molecule has 4 atom stereocenters. The quantitative estimate of drug-likeness (QED) is 0.889. The van der Waals surface area contributed by atoms with E-state index in [2.05, 4.69) is 10.3 Å². The molecule has 4 heteroatoms. The lowest BCUT2D eigenvalue weighted by Crippen LogP contribution is -2.63. The number of hydrogen-bond donors (Lipinski definition) is 2. The maximum Gasteiger partial charge on any atom is 0.267 e. The number of hydrogen-bond acceptors (Lipinski definition) is 2. The average molecular weight is 274 g/mol. The lowest BCUT2D eigenvalue weighted by Gasteiger charge is -2.50. The molecule has 2 N–H and O–H groups in total. The van der Waals surface area contributed by atoms with Crippen molar-refractivity contribution in [3.63, 3.8) is 0 Å². The van der Waals surface area contributed by atoms with Crippen molar-refractivity contribution in [1.29, 1.82) is 0 Å². The Morgan fingerprint density at radius 2 is 2.15 bits per heavy atom. The van der Waals surface area contributed by atoms with Crippen LogP contribution in [0.5, 0.6) is 0 Å². The molecule has 1 amide bonds. The van der Waals surface area contributed by atoms with Gasteiger partial charge in [0.25, 0.3) is 5.91 Å². The minimum Gasteiger partial charge on any atom is -0.377 e. The first kappa shape index (κ1) is 12.5. The largest absolute Gasteiger partial charge is 0.377 e. The first-order chi connectivity index (χ1) is 9.84. The van der Waals surface area contributed by atoms with Gasteiger partial charge in [0, 0.05) is 30.7 Å². The van der Waals surface area contributed by atoms with Crippen molar-refractivity contribution in [1.82, 2.24) is 10.3 Å². The molecule has 20 heavy (non-hydrogen) atoms. The summed E-state index contributed by atoms with van der Waals surface area (Å²) in [6.45, 7) is 0.868. The number of ether oxygens (including phenoxy) is 1. The fraction of sp³-hybridized carbons (Fsp3) is 0.688. The highest BCUT2D eigenvalue weighted by molar-refractivity contribution is 5.92. The molecule has 2 aliphatic carbocycles. The lowest BCUT2D eigenvalue weighted by molar-refractivity contribution is -0.0784. The molecule has 4 rings (SSSR count). The van der Waals surface area contributed by atoms with Crippen molar-refractivity contribution in [2.75, 3.05) is 6.61 Å². The monoisotopic (exact) mass is 274 g/mol. The highest BCUT2D eigenvalue weighted by atomic mass is 16.5. The van der Waals surface area contributed by atoms with Gasteiger partial charge in [-0.05, 0) is 24.5 Å². The van der Waals surface area contributed by atoms with Crippen LogP contribution in [0.25, 0.3) is 0 Å². The zero-order chi connectivity index (χ0) is 13.5. The van der Waals surface area contributed by atoms with Gasteiger partial charge in [0.05, 0.1) is 6.10 Å². The summed E-state index contributed by atoms with van der Waals surface area (Å²) < 4.78 is 5.92. The van der Waals surface area contributed by atoms with Gasteiger partial charge in [0.2, 0.25) is 0 Å². The summed E-state index contributed by atoms with van der Waals surface area (Å²) >= 11 is 0. The Morgan fingerprint density at radius 1 is 1.30 bits per heavy atom. The van der Waals surface area contributed by atoms with Crippen molar-refractivity contribution in [2.45, 2.75) is 44.2 Å². The summed E-state index contributed by atoms with van der Waals surface area (Å²) in [6, 6.07) is 4.02. The standard InChI is InChI=1S/C16H22N2O2/c19-16(12-6-3-8-17-12)18-14-11-7-9-20-15(11)13(14)10-4-1-2-5-10/h3,6,8,10-11,13-15,17H,1-2,4-5,7,9H2,(H,18,19)/t11-,13+,14+,15-/m0/s1. The Morgan fingerprint density at radius 3 is 2.90 bits per heavy atom. The topological polar surface area (TPSA) is 54.1 Å². The van der Waals surface area contributed by atoms with Gasteiger partial charge in [-0.1, -0.05) is 25.7 Å². The minimum absolute atomic E-state index is 0.0355. The molecule has 0 spiro atoms. The predicted octanol–water partition coefficient (Wildman–Crippen LogP) is 2.34. The van der Waals surface area contributed by atoms with Crippen LogP contribution in [0.3, 0.4) is 0 Å². The van der Waals surface area contributed by atoms with Crippen molar-refractivity contribution >= 4 is 5.91 Å². The molecule has 0 unspecified atom stereocenters. The number of amides is 1. The minimum atomic E-state index is 0.0355. The number of fused-ring (bicyclic) bond motifs is 1. The Labute approximate surface area is 119 Å². The zero-order valence-corrected chi connectivity index (χ0v) is 11.7. The highest BCUT2D eigenvalue weighted by Crippen LogP contribution is 2.51. The van der Waals surface area contributed by atoms with Gasteiger partial charge < -0.3 is 15.0 Å². The van der Waals surface area contributed by atoms with Crippen molar-refractivity contribution in [3.8, 4) is 0 Å². The van der Waals surface area contributed by atoms with Crippen LogP contribution in [-0.2, 0) is 4.74 Å². The molecule has 1 aromatic rings. The Hall–Kier alpha value is -1.29. The molecule has 1 saturated heterocycles. The van der Waals surface area contributed by atoms with E-state index in [9.17, 15) is 4.79 Å². The van der Waals surface area contributed by atoms with Crippen LogP contribution in [0.15, 0.2) is 18.3 Å². The highest BCUT2D eigenvalue weighted by Gasteiger charge is 2.57. The van der Waals surface area contributed by atoms with Gasteiger partial charge in [0.15, 0.2) is 0 Å². The van der Waals surface area contributed by atoms with E-state index in [1.165, 1.54) is 25.7 Å². The zero-order valence-electron chi connectivity index (χ0n) is 11.7. The van der Waals surface area contributed by atoms with E-state index >= 15 is 0 Å². The molecular formula is C16H22N2O2. The number of H-pyrrole nitrogens is 1. The molecular weight excluding hydrogens is 252 g/mol. The van der Waals surface area contributed by atoms with Gasteiger partial charge in [-0.15, -0.1) is 0 Å². The number of aromatic amines is 1. The van der Waals surface area contributed by atoms with Crippen molar-refractivity contribution in [2.24, 2.45) is 17.8 Å². The van der Waals surface area contributed by atoms with Gasteiger partial charge in [-0.25, -0.2) is 0 Å². The predicted molar refractivity (Wildman–Crippen MR) is 75.3 cm³/mol. The lowest BCUT2D eigenvalue weighted by atomic mass is 9.61. The Balaban J connectivity index is 1.48. The molecule has 0 aromatic carbocycles. The maximum absolute atomic E-state index is 12.3. The van der Waals surface area contributed by atoms with Crippen LogP contribution >= 0.6 is 0 Å². The van der Waals surface area contributed by atoms with Crippen LogP contribution in [-0.4, -0.2) is 29.6 Å². The molecule has 2 heterocycles. The first-order valence-corrected chi connectivity index (χ1v) is 7.90. The average Bonchev–Trinajstić information content (AvgIpc) is 3.18. The van der Waals surface area contributed by atoms with Gasteiger partial charge in [0.1, 0.15) is 5.69 Å². The van der Waals surface area contributed by atoms with Crippen molar-refractivity contribution < 1.29 is 9.53 Å². The fourth-order valence-electron chi connectivity index (χ4n) is 4.56. The SMILES string of the molecule is O=C(N[C@@H]1[C@@H]2CCO[C@@H]2[C@@H]1C1CCCC1)c1ccc[nH]1. The smallest absolute Gasteiger partial charge is 0.267 e. The molecule has 3 fully saturated rings. The van der Waals surface area contributed by atoms with Crippen molar-refractivity contribution in [3.05, 3.63) is 24.0 Å². The summed E-state index contributed by atoms with van der Waals surface area (Å²) in [7, 11) is 0. The third kappa shape index (κ3) is 1.89. The van der Waals surface area contributed by atoms with E-state index in [1.54, 1.807) is 6.20 Å². The summed E-state index contributed by atoms with van der Waals surface area (Å²) in [5.74, 6) is 1.88. The summed E-state index contributed by atoms with van der Waals surface area (Å²) in [5.41, 5.74) is 0.664. The number of rotatable bonds is 3. The van der Waals surface area contributed by atoms with Gasteiger partial charge in [-0.3, -0.25) is 4.79 Å². The normalized spacial score (nSPS) is 36.6. The van der Waals surface area contributed by atoms with Crippen LogP contribution in [0.4, 0.5) is 0 Å². The summed E-state index contributed by atoms with van der Waals surface area (Å²) in [4.78, 5) is 15.3. The number of aromatic nitrogens is 1. The van der Waals surface area contributed by atoms with Crippen LogP contribution in [0, 0.1) is 17.8 Å². The molecule has 0 bridgehead atoms. The van der Waals surface area contributed by atoms with E-state index in [4.69, 9.17) is 4.74 Å². The van der Waals surface area contributed by atoms with Crippen LogP contribution in [0.1, 0.15) is 42.6 Å². The number of carbonyl (C=O) groups is 1. The van der Waals surface area contributed by atoms with Gasteiger partial charge in [-0.2, -0.15) is 0 Å². The van der Waals surface area contributed by atoms with Gasteiger partial charge >= 0.3 is 0 Å². The summed E-state index contributed by atoms with van der Waals surface area (Å²) in [5, 5.41) is 3.27. The Bertz CT molecular complexity index is 474. The fourth-order valence-corrected chi connectivity index (χ4v) is 4.56. The second-order valence-corrected chi connectivity index (χ2v) is 6.49. The molecule has 4 nitrogen and oxygen atoms in total. The molecule has 1 aliphatic heterocycles. The van der Waals surface area contributed by atoms with E-state index in [0.29, 0.717) is 29.7 Å². The van der Waals surface area contributed by atoms with Crippen LogP contribution in [0.2, 0.25) is 0 Å². The molecule has 0 radical (unpaired) electrons. The Kier molecular flexibility index (Phi) is 3.06. The molecule has 108 valence electrons. The van der Waals surface area contributed by atoms with Crippen LogP contribution < -0.4 is 5.32 Å². The maximum atomic E-state index is 12.3. The van der Waals surface area contributed by atoms with E-state index in [-0.39, 0.29) is 5.91 Å². The second kappa shape index (κ2) is 4.92. The molecule has 2 saturated carbocycles. The second-order valence-electron chi connectivity index (χ2n) is 6.49. The van der Waals surface area contributed by atoms with E-state index < -0.39 is 0 Å². The van der Waals surface area contributed by atoms with E-state index in [0.717, 1.165) is 18.9 Å². The third-order valence-corrected chi connectivity index (χ3v) is 5.52. The number of carbonyl (C=O) groups excluding carboxylic acids is 1. The third-order valence-electron chi connectivity index (χ3n) is 5.52. The van der Waals surface area contributed by atoms with E-state index in [1.807, 2.05) is 12.1 Å². The summed E-state index contributed by atoms with van der Waals surface area (Å²) in [6.07, 6.45) is 8.62. The molecule has 1 aromatic heterocycles. The molecule has 3 aliphatic rings. The first-order valence-electron chi connectivity index (χ1n) is 7.90.